The van der Waals surface area contributed by atoms with Gasteiger partial charge in [-0.05, 0) is 113 Å². The largest absolute Gasteiger partial charge is 0.0616 e. The quantitative estimate of drug-likeness (QED) is 0.145. The van der Waals surface area contributed by atoms with Crippen LogP contribution in [0.1, 0.15) is 16.7 Å². The summed E-state index contributed by atoms with van der Waals surface area (Å²) in [4.78, 5) is 0. The minimum atomic E-state index is 1.33. The molecule has 184 valence electrons. The zero-order valence-corrected chi connectivity index (χ0v) is 22.5. The number of rotatable bonds is 0. The van der Waals surface area contributed by atoms with E-state index in [1.54, 1.807) is 0 Å². The van der Waals surface area contributed by atoms with E-state index in [9.17, 15) is 0 Å². The molecule has 0 radical (unpaired) electrons. The minimum absolute atomic E-state index is 1.33. The van der Waals surface area contributed by atoms with Crippen LogP contribution >= 0.6 is 0 Å². The third kappa shape index (κ3) is 3.06. The van der Waals surface area contributed by atoms with Gasteiger partial charge < -0.3 is 0 Å². The zero-order valence-electron chi connectivity index (χ0n) is 22.5. The van der Waals surface area contributed by atoms with Crippen molar-refractivity contribution >= 4 is 75.4 Å². The van der Waals surface area contributed by atoms with E-state index in [1.807, 2.05) is 0 Å². The molecule has 9 aromatic rings. The molecule has 0 heteroatoms. The van der Waals surface area contributed by atoms with E-state index >= 15 is 0 Å². The highest BCUT2D eigenvalue weighted by molar-refractivity contribution is 6.33. The van der Waals surface area contributed by atoms with Crippen LogP contribution in [0.25, 0.3) is 75.4 Å². The first-order valence-corrected chi connectivity index (χ1v) is 13.8. The van der Waals surface area contributed by atoms with Gasteiger partial charge in [-0.15, -0.1) is 0 Å². The third-order valence-electron chi connectivity index (χ3n) is 9.10. The summed E-state index contributed by atoms with van der Waals surface area (Å²) in [5.41, 5.74) is 4.26. The summed E-state index contributed by atoms with van der Waals surface area (Å²) in [5, 5.41) is 19.3. The lowest BCUT2D eigenvalue weighted by Crippen LogP contribution is -1.93. The molecule has 0 unspecified atom stereocenters. The summed E-state index contributed by atoms with van der Waals surface area (Å²) in [6.07, 6.45) is 0. The molecule has 0 N–H and O–H groups in total. The molecule has 9 aromatic carbocycles. The molecule has 0 nitrogen and oxygen atoms in total. The monoisotopic (exact) mass is 496 g/mol. The summed E-state index contributed by atoms with van der Waals surface area (Å²) >= 11 is 0. The molecule has 0 amide bonds. The van der Waals surface area contributed by atoms with Gasteiger partial charge in [0.25, 0.3) is 0 Å². The Morgan fingerprint density at radius 2 is 0.641 bits per heavy atom. The molecule has 0 aliphatic rings. The highest BCUT2D eigenvalue weighted by Crippen LogP contribution is 2.41. The molecule has 9 rings (SSSR count). The van der Waals surface area contributed by atoms with Crippen LogP contribution in [0.4, 0.5) is 0 Å². The summed E-state index contributed by atoms with van der Waals surface area (Å²) < 4.78 is 0. The number of aryl methyl sites for hydroxylation is 2. The molecule has 0 aliphatic heterocycles. The summed E-state index contributed by atoms with van der Waals surface area (Å²) in [5.74, 6) is 0. The number of fused-ring (bicyclic) bond motifs is 3. The highest BCUT2D eigenvalue weighted by Gasteiger charge is 2.14. The number of benzene rings is 9. The van der Waals surface area contributed by atoms with Gasteiger partial charge in [-0.1, -0.05) is 115 Å². The molecule has 0 bridgehead atoms. The average molecular weight is 497 g/mol. The first kappa shape index (κ1) is 22.3. The van der Waals surface area contributed by atoms with Crippen molar-refractivity contribution in [2.24, 2.45) is 0 Å². The fourth-order valence-electron chi connectivity index (χ4n) is 6.95. The number of hydrogen-bond acceptors (Lipinski definition) is 0. The molecule has 0 aliphatic carbocycles. The van der Waals surface area contributed by atoms with Gasteiger partial charge in [-0.2, -0.15) is 0 Å². The predicted molar refractivity (Wildman–Crippen MR) is 172 cm³/mol. The van der Waals surface area contributed by atoms with Crippen LogP contribution < -0.4 is 0 Å². The van der Waals surface area contributed by atoms with Crippen molar-refractivity contribution in [3.05, 3.63) is 132 Å². The van der Waals surface area contributed by atoms with Gasteiger partial charge in [0, 0.05) is 0 Å². The number of hydrogen-bond donors (Lipinski definition) is 0. The molecular weight excluding hydrogens is 468 g/mol. The first-order valence-electron chi connectivity index (χ1n) is 13.8. The Kier molecular flexibility index (Phi) is 4.67. The van der Waals surface area contributed by atoms with Gasteiger partial charge in [-0.3, -0.25) is 0 Å². The fourth-order valence-corrected chi connectivity index (χ4v) is 6.95. The van der Waals surface area contributed by atoms with Gasteiger partial charge in [-0.25, -0.2) is 0 Å². The fraction of sp³-hybridized carbons (Fsp3) is 0.0769. The molecule has 0 fully saturated rings. The summed E-state index contributed by atoms with van der Waals surface area (Å²) in [6, 6.07) is 42.1. The molecule has 0 atom stereocenters. The molecule has 0 saturated carbocycles. The van der Waals surface area contributed by atoms with Crippen LogP contribution in [-0.2, 0) is 0 Å². The summed E-state index contributed by atoms with van der Waals surface area (Å²) in [6.45, 7) is 6.72. The Labute approximate surface area is 227 Å². The van der Waals surface area contributed by atoms with Crippen LogP contribution in [0, 0.1) is 20.8 Å². The van der Waals surface area contributed by atoms with Crippen LogP contribution in [0.15, 0.2) is 115 Å². The van der Waals surface area contributed by atoms with Crippen molar-refractivity contribution in [2.45, 2.75) is 20.8 Å². The van der Waals surface area contributed by atoms with E-state index < -0.39 is 0 Å². The van der Waals surface area contributed by atoms with E-state index in [0.717, 1.165) is 0 Å². The molecule has 39 heavy (non-hydrogen) atoms. The Balaban J connectivity index is 0.000000121. The van der Waals surface area contributed by atoms with Crippen LogP contribution in [0.3, 0.4) is 0 Å². The van der Waals surface area contributed by atoms with Gasteiger partial charge in [0.1, 0.15) is 0 Å². The standard InChI is InChI=1S/C20H12.C19H16/c1-2-8-16-15(7-1)17-9-3-5-13-11-12-14-6-4-10-18(16)20(14)19(13)17;1-11-12(2)16-9-7-14-5-4-6-15-8-10-17(13(11)3)19(16)18(14)15/h1-12H;4-10H,1-3H3. The SMILES string of the molecule is Cc1c(C)c2ccc3cccc4ccc(c1C)c2c34.c1ccc2c(c1)c1cccc3ccc4cccc2c4c31. The lowest BCUT2D eigenvalue weighted by molar-refractivity contribution is 1.32. The second kappa shape index (κ2) is 8.16. The molecular formula is C39H28. The van der Waals surface area contributed by atoms with E-state index in [1.165, 1.54) is 92.1 Å². The van der Waals surface area contributed by atoms with Crippen molar-refractivity contribution in [3.8, 4) is 0 Å². The first-order chi connectivity index (χ1) is 19.1. The Hall–Kier alpha value is -4.68. The summed E-state index contributed by atoms with van der Waals surface area (Å²) in [7, 11) is 0. The van der Waals surface area contributed by atoms with E-state index in [0.29, 0.717) is 0 Å². The lowest BCUT2D eigenvalue weighted by atomic mass is 9.87. The van der Waals surface area contributed by atoms with Crippen LogP contribution in [0.5, 0.6) is 0 Å². The Morgan fingerprint density at radius 3 is 1.13 bits per heavy atom. The van der Waals surface area contributed by atoms with E-state index in [2.05, 4.69) is 136 Å². The molecule has 0 aromatic heterocycles. The van der Waals surface area contributed by atoms with Crippen molar-refractivity contribution < 1.29 is 0 Å². The predicted octanol–water partition coefficient (Wildman–Crippen LogP) is 11.2. The Bertz CT molecular complexity index is 2190. The lowest BCUT2D eigenvalue weighted by Gasteiger charge is -2.17. The molecule has 0 heterocycles. The molecule has 0 saturated heterocycles. The minimum Gasteiger partial charge on any atom is -0.0616 e. The second-order valence-electron chi connectivity index (χ2n) is 11.0. The second-order valence-corrected chi connectivity index (χ2v) is 11.0. The normalized spacial score (nSPS) is 12.0. The van der Waals surface area contributed by atoms with E-state index in [4.69, 9.17) is 0 Å². The maximum atomic E-state index is 2.28. The van der Waals surface area contributed by atoms with Crippen molar-refractivity contribution in [1.82, 2.24) is 0 Å². The zero-order chi connectivity index (χ0) is 26.2. The maximum Gasteiger partial charge on any atom is -0.00203 e. The van der Waals surface area contributed by atoms with Crippen LogP contribution in [0.2, 0.25) is 0 Å². The van der Waals surface area contributed by atoms with Gasteiger partial charge in [0.15, 0.2) is 0 Å². The van der Waals surface area contributed by atoms with Crippen LogP contribution in [-0.4, -0.2) is 0 Å². The van der Waals surface area contributed by atoms with Gasteiger partial charge in [0.2, 0.25) is 0 Å². The van der Waals surface area contributed by atoms with E-state index in [-0.39, 0.29) is 0 Å². The van der Waals surface area contributed by atoms with Gasteiger partial charge >= 0.3 is 0 Å². The average Bonchev–Trinajstić information content (AvgIpc) is 2.99. The molecule has 0 spiro atoms. The smallest absolute Gasteiger partial charge is 0.00203 e. The Morgan fingerprint density at radius 1 is 0.256 bits per heavy atom. The third-order valence-corrected chi connectivity index (χ3v) is 9.10. The van der Waals surface area contributed by atoms with Crippen molar-refractivity contribution in [2.75, 3.05) is 0 Å². The van der Waals surface area contributed by atoms with Gasteiger partial charge in [0.05, 0.1) is 0 Å². The highest BCUT2D eigenvalue weighted by atomic mass is 14.2. The van der Waals surface area contributed by atoms with Crippen molar-refractivity contribution in [3.63, 3.8) is 0 Å². The maximum absolute atomic E-state index is 2.28. The van der Waals surface area contributed by atoms with Crippen molar-refractivity contribution in [1.29, 1.82) is 0 Å². The topological polar surface area (TPSA) is 0 Å².